The van der Waals surface area contributed by atoms with Crippen molar-refractivity contribution in [1.82, 2.24) is 0 Å². The summed E-state index contributed by atoms with van der Waals surface area (Å²) in [5.74, 6) is 0.0733. The molecule has 4 nitrogen and oxygen atoms in total. The Morgan fingerprint density at radius 3 is 2.62 bits per heavy atom. The van der Waals surface area contributed by atoms with Gasteiger partial charge in [0.25, 0.3) is 0 Å². The summed E-state index contributed by atoms with van der Waals surface area (Å²) in [6, 6.07) is 0. The van der Waals surface area contributed by atoms with E-state index in [1.807, 2.05) is 26.8 Å². The van der Waals surface area contributed by atoms with Crippen molar-refractivity contribution >= 4 is 5.97 Å². The molecule has 0 aliphatic heterocycles. The van der Waals surface area contributed by atoms with Crippen LogP contribution >= 0.6 is 0 Å². The number of aliphatic hydroxyl groups excluding tert-OH is 2. The molecule has 26 heavy (non-hydrogen) atoms. The third-order valence-electron chi connectivity index (χ3n) is 6.33. The molecule has 6 atom stereocenters. The average molecular weight is 365 g/mol. The van der Waals surface area contributed by atoms with E-state index >= 15 is 0 Å². The van der Waals surface area contributed by atoms with Crippen LogP contribution in [0.1, 0.15) is 67.2 Å². The third-order valence-corrected chi connectivity index (χ3v) is 6.33. The van der Waals surface area contributed by atoms with Gasteiger partial charge in [0.2, 0.25) is 0 Å². The Kier molecular flexibility index (Phi) is 6.40. The average Bonchev–Trinajstić information content (AvgIpc) is 2.81. The Bertz CT molecular complexity index is 577. The molecule has 0 heterocycles. The van der Waals surface area contributed by atoms with Crippen LogP contribution in [0.5, 0.6) is 0 Å². The Morgan fingerprint density at radius 2 is 2.00 bits per heavy atom. The molecule has 2 aliphatic carbocycles. The first-order valence-electron chi connectivity index (χ1n) is 9.87. The summed E-state index contributed by atoms with van der Waals surface area (Å²) in [5, 5.41) is 21.4. The van der Waals surface area contributed by atoms with Crippen LogP contribution in [0.2, 0.25) is 0 Å². The fourth-order valence-corrected chi connectivity index (χ4v) is 5.17. The predicted octanol–water partition coefficient (Wildman–Crippen LogP) is 4.01. The molecule has 2 rings (SSSR count). The van der Waals surface area contributed by atoms with Crippen molar-refractivity contribution in [3.63, 3.8) is 0 Å². The highest BCUT2D eigenvalue weighted by Crippen LogP contribution is 2.54. The quantitative estimate of drug-likeness (QED) is 0.574. The minimum absolute atomic E-state index is 0.00103. The van der Waals surface area contributed by atoms with Crippen LogP contribution in [-0.4, -0.2) is 34.0 Å². The minimum Gasteiger partial charge on any atom is -0.460 e. The number of aliphatic hydroxyl groups is 2. The third kappa shape index (κ3) is 4.77. The summed E-state index contributed by atoms with van der Waals surface area (Å²) in [5.41, 5.74) is 0.245. The maximum absolute atomic E-state index is 11.6. The monoisotopic (exact) mass is 364 g/mol. The Hall–Kier alpha value is -1.13. The normalized spacial score (nSPS) is 42.2. The van der Waals surface area contributed by atoms with Crippen molar-refractivity contribution < 1.29 is 19.7 Å². The molecule has 148 valence electrons. The maximum atomic E-state index is 11.6. The van der Waals surface area contributed by atoms with Crippen LogP contribution in [0.4, 0.5) is 0 Å². The van der Waals surface area contributed by atoms with E-state index in [1.54, 1.807) is 0 Å². The second kappa shape index (κ2) is 7.85. The summed E-state index contributed by atoms with van der Waals surface area (Å²) >= 11 is 0. The maximum Gasteiger partial charge on any atom is 0.303 e. The smallest absolute Gasteiger partial charge is 0.303 e. The van der Waals surface area contributed by atoms with E-state index in [1.165, 1.54) is 6.92 Å². The summed E-state index contributed by atoms with van der Waals surface area (Å²) < 4.78 is 5.65. The van der Waals surface area contributed by atoms with E-state index in [0.717, 1.165) is 18.4 Å². The molecule has 0 aromatic carbocycles. The van der Waals surface area contributed by atoms with Gasteiger partial charge in [-0.1, -0.05) is 37.6 Å². The molecule has 4 heteroatoms. The van der Waals surface area contributed by atoms with Crippen molar-refractivity contribution in [2.45, 2.75) is 85.0 Å². The predicted molar refractivity (Wildman–Crippen MR) is 103 cm³/mol. The number of rotatable bonds is 2. The Labute approximate surface area is 158 Å². The van der Waals surface area contributed by atoms with Crippen LogP contribution in [-0.2, 0) is 9.53 Å². The van der Waals surface area contributed by atoms with Crippen LogP contribution in [0, 0.1) is 23.2 Å². The lowest BCUT2D eigenvalue weighted by Crippen LogP contribution is -2.45. The second-order valence-corrected chi connectivity index (χ2v) is 9.30. The first-order chi connectivity index (χ1) is 11.9. The largest absolute Gasteiger partial charge is 0.460 e. The lowest BCUT2D eigenvalue weighted by Gasteiger charge is -2.41. The van der Waals surface area contributed by atoms with Crippen molar-refractivity contribution in [3.05, 3.63) is 23.8 Å². The van der Waals surface area contributed by atoms with Gasteiger partial charge < -0.3 is 14.9 Å². The fraction of sp³-hybridized carbons (Fsp3) is 0.773. The van der Waals surface area contributed by atoms with Crippen molar-refractivity contribution in [1.29, 1.82) is 0 Å². The van der Waals surface area contributed by atoms with E-state index in [0.29, 0.717) is 12.8 Å². The molecule has 0 aromatic rings. The van der Waals surface area contributed by atoms with Crippen molar-refractivity contribution in [2.24, 2.45) is 23.2 Å². The van der Waals surface area contributed by atoms with Crippen molar-refractivity contribution in [2.75, 3.05) is 0 Å². The van der Waals surface area contributed by atoms with Gasteiger partial charge in [-0.05, 0) is 57.8 Å². The number of esters is 1. The van der Waals surface area contributed by atoms with Crippen LogP contribution in [0.25, 0.3) is 0 Å². The molecule has 0 aromatic heterocycles. The SMILES string of the molecule is CC(=O)OC(C)(C)[C@@H]1CC[C@]2(C)/C=C/[C@H](C)CC(O)/C=C(\C)C[C@H](O)C12. The van der Waals surface area contributed by atoms with Crippen molar-refractivity contribution in [3.8, 4) is 0 Å². The molecule has 0 amide bonds. The number of fused-ring (bicyclic) bond motifs is 1. The minimum atomic E-state index is -0.619. The van der Waals surface area contributed by atoms with E-state index in [-0.39, 0.29) is 29.1 Å². The summed E-state index contributed by atoms with van der Waals surface area (Å²) in [6.07, 6.45) is 8.36. The van der Waals surface area contributed by atoms with Gasteiger partial charge in [-0.3, -0.25) is 4.79 Å². The zero-order valence-corrected chi connectivity index (χ0v) is 17.2. The summed E-state index contributed by atoms with van der Waals surface area (Å²) in [6.45, 7) is 11.7. The van der Waals surface area contributed by atoms with Crippen LogP contribution < -0.4 is 0 Å². The topological polar surface area (TPSA) is 66.8 Å². The van der Waals surface area contributed by atoms with Crippen LogP contribution in [0.3, 0.4) is 0 Å². The molecule has 0 spiro atoms. The number of ether oxygens (including phenoxy) is 1. The van der Waals surface area contributed by atoms with Gasteiger partial charge in [0.15, 0.2) is 0 Å². The molecular weight excluding hydrogens is 328 g/mol. The highest BCUT2D eigenvalue weighted by molar-refractivity contribution is 5.66. The van der Waals surface area contributed by atoms with E-state index in [9.17, 15) is 15.0 Å². The zero-order valence-electron chi connectivity index (χ0n) is 17.2. The second-order valence-electron chi connectivity index (χ2n) is 9.30. The Balaban J connectivity index is 2.42. The molecule has 0 radical (unpaired) electrons. The van der Waals surface area contributed by atoms with Gasteiger partial charge in [0.1, 0.15) is 5.60 Å². The first kappa shape index (κ1) is 21.2. The van der Waals surface area contributed by atoms with Gasteiger partial charge in [-0.2, -0.15) is 0 Å². The van der Waals surface area contributed by atoms with Gasteiger partial charge in [-0.15, -0.1) is 0 Å². The van der Waals surface area contributed by atoms with E-state index < -0.39 is 17.8 Å². The number of allylic oxidation sites excluding steroid dienone is 2. The number of hydrogen-bond donors (Lipinski definition) is 2. The molecule has 2 unspecified atom stereocenters. The molecule has 0 saturated heterocycles. The highest BCUT2D eigenvalue weighted by atomic mass is 16.6. The van der Waals surface area contributed by atoms with E-state index in [4.69, 9.17) is 4.74 Å². The molecule has 0 bridgehead atoms. The molecule has 2 aliphatic rings. The van der Waals surface area contributed by atoms with Gasteiger partial charge in [0, 0.05) is 18.8 Å². The zero-order chi connectivity index (χ0) is 19.7. The lowest BCUT2D eigenvalue weighted by atomic mass is 9.68. The first-order valence-corrected chi connectivity index (χ1v) is 9.87. The van der Waals surface area contributed by atoms with Gasteiger partial charge >= 0.3 is 5.97 Å². The van der Waals surface area contributed by atoms with Crippen LogP contribution in [0.15, 0.2) is 23.8 Å². The highest BCUT2D eigenvalue weighted by Gasteiger charge is 2.53. The summed E-state index contributed by atoms with van der Waals surface area (Å²) in [4.78, 5) is 11.6. The molecule has 2 N–H and O–H groups in total. The number of carbonyl (C=O) groups is 1. The fourth-order valence-electron chi connectivity index (χ4n) is 5.17. The number of hydrogen-bond acceptors (Lipinski definition) is 4. The van der Waals surface area contributed by atoms with Gasteiger partial charge in [-0.25, -0.2) is 0 Å². The summed E-state index contributed by atoms with van der Waals surface area (Å²) in [7, 11) is 0. The van der Waals surface area contributed by atoms with E-state index in [2.05, 4.69) is 26.0 Å². The molecule has 1 fully saturated rings. The molecule has 1 saturated carbocycles. The van der Waals surface area contributed by atoms with Gasteiger partial charge in [0.05, 0.1) is 12.2 Å². The lowest BCUT2D eigenvalue weighted by molar-refractivity contribution is -0.163. The molecular formula is C22H36O4. The number of carbonyl (C=O) groups excluding carboxylic acids is 1. The standard InChI is InChI=1S/C22H36O4/c1-14-7-9-22(6)10-8-18(21(4,5)26-16(3)23)20(22)19(25)13-15(2)12-17(24)11-14/h7,9,12,14,17-20,24-25H,8,10-11,13H2,1-6H3/b9-7+,15-12+/t14-,17?,18+,19-,20?,22-/m0/s1. The Morgan fingerprint density at radius 1 is 1.35 bits per heavy atom.